The van der Waals surface area contributed by atoms with Crippen molar-refractivity contribution in [2.45, 2.75) is 6.92 Å². The first-order valence-electron chi connectivity index (χ1n) is 7.65. The largest absolute Gasteiger partial charge is 0.482 e. The number of amidine groups is 1. The second-order valence-electron chi connectivity index (χ2n) is 5.39. The molecule has 2 rings (SSSR count). The second-order valence-corrected chi connectivity index (χ2v) is 5.80. The Kier molecular flexibility index (Phi) is 5.88. The number of halogens is 1. The summed E-state index contributed by atoms with van der Waals surface area (Å²) < 4.78 is 7.10. The number of aromatic nitrogens is 1. The minimum absolute atomic E-state index is 0.207. The van der Waals surface area contributed by atoms with E-state index in [1.54, 1.807) is 39.2 Å². The molecule has 0 spiro atoms. The summed E-state index contributed by atoms with van der Waals surface area (Å²) in [4.78, 5) is 16.7. The molecule has 2 aromatic rings. The Morgan fingerprint density at radius 2 is 2.20 bits per heavy atom. The summed E-state index contributed by atoms with van der Waals surface area (Å²) in [7, 11) is 3.44. The molecule has 0 unspecified atom stereocenters. The number of hydrogen-bond donors (Lipinski definition) is 2. The van der Waals surface area contributed by atoms with Crippen molar-refractivity contribution in [3.8, 4) is 5.75 Å². The number of hydrogen-bond acceptors (Lipinski definition) is 4. The molecule has 0 atom stereocenters. The van der Waals surface area contributed by atoms with Crippen LogP contribution in [-0.2, 0) is 7.05 Å². The maximum Gasteiger partial charge on any atom is 0.293 e. The van der Waals surface area contributed by atoms with Crippen LogP contribution in [0.4, 0.5) is 5.69 Å². The van der Waals surface area contributed by atoms with Gasteiger partial charge in [-0.3, -0.25) is 4.79 Å². The molecule has 7 heteroatoms. The molecule has 6 nitrogen and oxygen atoms in total. The molecule has 3 N–H and O–H groups in total. The lowest BCUT2D eigenvalue weighted by Gasteiger charge is -2.11. The third kappa shape index (κ3) is 4.22. The Balaban J connectivity index is 2.48. The van der Waals surface area contributed by atoms with E-state index in [4.69, 9.17) is 22.1 Å². The summed E-state index contributed by atoms with van der Waals surface area (Å²) in [5.74, 6) is 0.474. The van der Waals surface area contributed by atoms with Crippen LogP contribution in [0.25, 0.3) is 10.9 Å². The van der Waals surface area contributed by atoms with Gasteiger partial charge in [-0.2, -0.15) is 0 Å². The van der Waals surface area contributed by atoms with Crippen molar-refractivity contribution in [2.24, 2.45) is 17.8 Å². The highest BCUT2D eigenvalue weighted by Crippen LogP contribution is 2.23. The van der Waals surface area contributed by atoms with Crippen LogP contribution in [-0.4, -0.2) is 24.1 Å². The van der Waals surface area contributed by atoms with Gasteiger partial charge in [0.25, 0.3) is 5.56 Å². The number of pyridine rings is 1. The van der Waals surface area contributed by atoms with E-state index in [1.165, 1.54) is 4.57 Å². The first kappa shape index (κ1) is 18.6. The summed E-state index contributed by atoms with van der Waals surface area (Å²) in [6.07, 6.45) is 1.67. The number of nitrogens with two attached hydrogens (primary N) is 1. The van der Waals surface area contributed by atoms with Crippen LogP contribution < -0.4 is 21.3 Å². The zero-order valence-corrected chi connectivity index (χ0v) is 15.2. The Bertz CT molecular complexity index is 929. The van der Waals surface area contributed by atoms with Crippen LogP contribution in [0.5, 0.6) is 5.75 Å². The number of aryl methyl sites for hydroxylation is 1. The summed E-state index contributed by atoms with van der Waals surface area (Å²) in [6, 6.07) is 7.09. The summed E-state index contributed by atoms with van der Waals surface area (Å²) in [6.45, 7) is 5.77. The average Bonchev–Trinajstić information content (AvgIpc) is 2.62. The van der Waals surface area contributed by atoms with E-state index in [2.05, 4.69) is 16.9 Å². The number of nitrogens with zero attached hydrogens (tertiary/aromatic N) is 2. The highest BCUT2D eigenvalue weighted by atomic mass is 35.5. The maximum absolute atomic E-state index is 12.4. The summed E-state index contributed by atoms with van der Waals surface area (Å²) in [5, 5.41) is 4.06. The van der Waals surface area contributed by atoms with Gasteiger partial charge < -0.3 is 20.4 Å². The molecule has 0 aliphatic heterocycles. The number of likely N-dealkylation sites (N-methyl/N-ethyl adjacent to an activating group) is 1. The van der Waals surface area contributed by atoms with Crippen LogP contribution in [0.15, 0.2) is 57.4 Å². The lowest BCUT2D eigenvalue weighted by atomic mass is 10.2. The fourth-order valence-corrected chi connectivity index (χ4v) is 2.23. The van der Waals surface area contributed by atoms with Gasteiger partial charge in [0.15, 0.2) is 5.75 Å². The van der Waals surface area contributed by atoms with E-state index in [0.717, 1.165) is 10.9 Å². The van der Waals surface area contributed by atoms with E-state index < -0.39 is 0 Å². The van der Waals surface area contributed by atoms with E-state index in [0.29, 0.717) is 16.4 Å². The van der Waals surface area contributed by atoms with Gasteiger partial charge in [-0.1, -0.05) is 24.3 Å². The molecule has 0 aliphatic carbocycles. The number of ether oxygens (including phenoxy) is 1. The molecule has 0 bridgehead atoms. The molecule has 0 radical (unpaired) electrons. The van der Waals surface area contributed by atoms with Gasteiger partial charge in [0, 0.05) is 25.2 Å². The molecule has 0 saturated heterocycles. The Labute approximate surface area is 151 Å². The normalized spacial score (nSPS) is 12.3. The molecule has 132 valence electrons. The highest BCUT2D eigenvalue weighted by molar-refractivity contribution is 6.43. The monoisotopic (exact) mass is 360 g/mol. The number of benzene rings is 1. The number of aliphatic imine (C=N–C) groups is 1. The Morgan fingerprint density at radius 3 is 2.84 bits per heavy atom. The SMILES string of the molecule is C=C(COc1cc2cc(N=C(N)/C(Cl)=C\C)ccc2n(C)c1=O)NC. The molecule has 0 saturated carbocycles. The first-order valence-corrected chi connectivity index (χ1v) is 8.03. The summed E-state index contributed by atoms with van der Waals surface area (Å²) >= 11 is 5.97. The molecule has 0 fully saturated rings. The van der Waals surface area contributed by atoms with Gasteiger partial charge in [0.1, 0.15) is 12.4 Å². The second kappa shape index (κ2) is 7.90. The van der Waals surface area contributed by atoms with Crippen molar-refractivity contribution in [2.75, 3.05) is 13.7 Å². The number of nitrogens with one attached hydrogen (secondary N) is 1. The average molecular weight is 361 g/mol. The lowest BCUT2D eigenvalue weighted by Crippen LogP contribution is -2.21. The Morgan fingerprint density at radius 1 is 1.48 bits per heavy atom. The molecule has 0 amide bonds. The van der Waals surface area contributed by atoms with Crippen LogP contribution in [0.2, 0.25) is 0 Å². The van der Waals surface area contributed by atoms with Crippen LogP contribution >= 0.6 is 11.6 Å². The fraction of sp³-hybridized carbons (Fsp3) is 0.222. The van der Waals surface area contributed by atoms with Crippen molar-refractivity contribution in [1.82, 2.24) is 9.88 Å². The smallest absolute Gasteiger partial charge is 0.293 e. The first-order chi connectivity index (χ1) is 11.9. The predicted octanol–water partition coefficient (Wildman–Crippen LogP) is 2.78. The van der Waals surface area contributed by atoms with Crippen molar-refractivity contribution >= 4 is 34.0 Å². The van der Waals surface area contributed by atoms with Gasteiger partial charge in [-0.15, -0.1) is 0 Å². The van der Waals surface area contributed by atoms with Crippen LogP contribution in [0, 0.1) is 0 Å². The molecule has 1 heterocycles. The van der Waals surface area contributed by atoms with E-state index in [1.807, 2.05) is 12.1 Å². The van der Waals surface area contributed by atoms with Gasteiger partial charge in [-0.05, 0) is 31.2 Å². The topological polar surface area (TPSA) is 81.6 Å². The third-order valence-electron chi connectivity index (χ3n) is 3.68. The molecule has 1 aromatic heterocycles. The minimum Gasteiger partial charge on any atom is -0.482 e. The molecule has 1 aromatic carbocycles. The van der Waals surface area contributed by atoms with Crippen LogP contribution in [0.3, 0.4) is 0 Å². The predicted molar refractivity (Wildman–Crippen MR) is 104 cm³/mol. The van der Waals surface area contributed by atoms with E-state index in [-0.39, 0.29) is 23.8 Å². The Hall–Kier alpha value is -2.73. The molecule has 25 heavy (non-hydrogen) atoms. The maximum atomic E-state index is 12.4. The van der Waals surface area contributed by atoms with E-state index >= 15 is 0 Å². The molecular weight excluding hydrogens is 340 g/mol. The van der Waals surface area contributed by atoms with Gasteiger partial charge in [0.2, 0.25) is 0 Å². The van der Waals surface area contributed by atoms with Crippen molar-refractivity contribution in [3.05, 3.63) is 58.0 Å². The van der Waals surface area contributed by atoms with E-state index in [9.17, 15) is 4.79 Å². The zero-order valence-electron chi connectivity index (χ0n) is 14.5. The van der Waals surface area contributed by atoms with Crippen molar-refractivity contribution in [1.29, 1.82) is 0 Å². The number of rotatable bonds is 6. The van der Waals surface area contributed by atoms with Gasteiger partial charge >= 0.3 is 0 Å². The fourth-order valence-electron chi connectivity index (χ4n) is 2.19. The quantitative estimate of drug-likeness (QED) is 0.613. The molecular formula is C18H21ClN4O2. The molecule has 0 aliphatic rings. The van der Waals surface area contributed by atoms with Gasteiger partial charge in [-0.25, -0.2) is 4.99 Å². The zero-order chi connectivity index (χ0) is 18.6. The number of fused-ring (bicyclic) bond motifs is 1. The van der Waals surface area contributed by atoms with Gasteiger partial charge in [0.05, 0.1) is 16.2 Å². The summed E-state index contributed by atoms with van der Waals surface area (Å²) in [5.41, 5.74) is 7.69. The number of allylic oxidation sites excluding steroid dienone is 1. The third-order valence-corrected chi connectivity index (χ3v) is 4.09. The van der Waals surface area contributed by atoms with Crippen LogP contribution in [0.1, 0.15) is 6.92 Å². The minimum atomic E-state index is -0.218. The lowest BCUT2D eigenvalue weighted by molar-refractivity contribution is 0.339. The van der Waals surface area contributed by atoms with Crippen molar-refractivity contribution in [3.63, 3.8) is 0 Å². The van der Waals surface area contributed by atoms with Crippen molar-refractivity contribution < 1.29 is 4.74 Å². The standard InChI is InChI=1S/C18H21ClN4O2/c1-5-14(19)17(20)22-13-6-7-15-12(8-13)9-16(18(24)23(15)4)25-10-11(2)21-3/h5-9,21H,2,10H2,1,3-4H3,(H2,20,22)/b14-5+. The highest BCUT2D eigenvalue weighted by Gasteiger charge is 2.09.